The number of hydrogen-bond donors (Lipinski definition) is 0. The van der Waals surface area contributed by atoms with Crippen LogP contribution < -0.4 is 14.7 Å². The Morgan fingerprint density at radius 1 is 0.0909 bits per heavy atom. The second-order valence-electron chi connectivity index (χ2n) is 24.9. The van der Waals surface area contributed by atoms with Crippen LogP contribution in [0.5, 0.6) is 0 Å². The number of anilines is 9. The molecule has 0 amide bonds. The van der Waals surface area contributed by atoms with Gasteiger partial charge in [0.05, 0.1) is 0 Å². The van der Waals surface area contributed by atoms with Gasteiger partial charge in [-0.1, -0.05) is 291 Å². The summed E-state index contributed by atoms with van der Waals surface area (Å²) in [6, 6.07) is 152. The highest BCUT2D eigenvalue weighted by Crippen LogP contribution is 2.45. The molecule has 0 spiro atoms. The molecule has 0 saturated heterocycles. The molecule has 99 heavy (non-hydrogen) atoms. The molecular formula is C96H69N3. The van der Waals surface area contributed by atoms with Gasteiger partial charge in [-0.3, -0.25) is 0 Å². The quantitative estimate of drug-likeness (QED) is 0.0848. The van der Waals surface area contributed by atoms with Crippen molar-refractivity contribution >= 4 is 51.2 Å². The van der Waals surface area contributed by atoms with Gasteiger partial charge in [0.25, 0.3) is 0 Å². The molecule has 0 fully saturated rings. The maximum absolute atomic E-state index is 2.38. The lowest BCUT2D eigenvalue weighted by molar-refractivity contribution is 1.28. The van der Waals surface area contributed by atoms with Crippen LogP contribution in [0.2, 0.25) is 0 Å². The summed E-state index contributed by atoms with van der Waals surface area (Å²) in [6.07, 6.45) is 0. The van der Waals surface area contributed by atoms with E-state index in [9.17, 15) is 0 Å². The van der Waals surface area contributed by atoms with Crippen molar-refractivity contribution in [1.82, 2.24) is 0 Å². The Hall–Kier alpha value is -13.1. The van der Waals surface area contributed by atoms with Gasteiger partial charge in [-0.2, -0.15) is 0 Å². The van der Waals surface area contributed by atoms with E-state index in [1.807, 2.05) is 0 Å². The molecule has 0 atom stereocenters. The molecule has 0 bridgehead atoms. The molecule has 0 aromatic heterocycles. The van der Waals surface area contributed by atoms with E-state index in [4.69, 9.17) is 0 Å². The van der Waals surface area contributed by atoms with Crippen molar-refractivity contribution in [2.45, 2.75) is 0 Å². The minimum Gasteiger partial charge on any atom is -0.310 e. The summed E-state index contributed by atoms with van der Waals surface area (Å²) in [6.45, 7) is 0. The monoisotopic (exact) mass is 1260 g/mol. The van der Waals surface area contributed by atoms with Gasteiger partial charge in [-0.15, -0.1) is 0 Å². The molecule has 468 valence electrons. The van der Waals surface area contributed by atoms with Gasteiger partial charge in [0.15, 0.2) is 0 Å². The van der Waals surface area contributed by atoms with Gasteiger partial charge in [0.1, 0.15) is 0 Å². The molecule has 0 saturated carbocycles. The lowest BCUT2D eigenvalue weighted by Gasteiger charge is -2.27. The Balaban J connectivity index is 0.815. The molecular weight excluding hydrogens is 1200 g/mol. The van der Waals surface area contributed by atoms with Gasteiger partial charge in [-0.05, 0) is 228 Å². The third kappa shape index (κ3) is 13.4. The Morgan fingerprint density at radius 3 is 0.414 bits per heavy atom. The molecule has 0 heterocycles. The Bertz CT molecular complexity index is 4590. The normalized spacial score (nSPS) is 11.0. The van der Waals surface area contributed by atoms with Crippen LogP contribution in [-0.2, 0) is 0 Å². The van der Waals surface area contributed by atoms with Crippen LogP contribution in [-0.4, -0.2) is 0 Å². The Labute approximate surface area is 581 Å². The highest BCUT2D eigenvalue weighted by atomic mass is 15.2. The van der Waals surface area contributed by atoms with E-state index < -0.39 is 0 Å². The first kappa shape index (κ1) is 60.8. The number of hydrogen-bond acceptors (Lipinski definition) is 3. The van der Waals surface area contributed by atoms with Crippen molar-refractivity contribution < 1.29 is 0 Å². The molecule has 16 rings (SSSR count). The summed E-state index contributed by atoms with van der Waals surface area (Å²) in [4.78, 5) is 7.14. The van der Waals surface area contributed by atoms with Crippen molar-refractivity contribution in [3.63, 3.8) is 0 Å². The molecule has 3 nitrogen and oxygen atoms in total. The molecule has 0 radical (unpaired) electrons. The maximum Gasteiger partial charge on any atom is 0.0467 e. The van der Waals surface area contributed by atoms with E-state index in [1.165, 1.54) is 33.4 Å². The summed E-state index contributed by atoms with van der Waals surface area (Å²) >= 11 is 0. The Kier molecular flexibility index (Phi) is 17.3. The first-order chi connectivity index (χ1) is 49.0. The van der Waals surface area contributed by atoms with Crippen molar-refractivity contribution in [3.05, 3.63) is 419 Å². The van der Waals surface area contributed by atoms with Gasteiger partial charge >= 0.3 is 0 Å². The maximum atomic E-state index is 2.38. The van der Waals surface area contributed by atoms with Crippen molar-refractivity contribution in [1.29, 1.82) is 0 Å². The molecule has 0 aliphatic heterocycles. The zero-order valence-electron chi connectivity index (χ0n) is 54.7. The molecule has 3 heteroatoms. The highest BCUT2D eigenvalue weighted by Gasteiger charge is 2.20. The van der Waals surface area contributed by atoms with Gasteiger partial charge in [-0.25, -0.2) is 0 Å². The highest BCUT2D eigenvalue weighted by molar-refractivity contribution is 5.90. The van der Waals surface area contributed by atoms with E-state index in [2.05, 4.69) is 433 Å². The predicted molar refractivity (Wildman–Crippen MR) is 419 cm³/mol. The van der Waals surface area contributed by atoms with E-state index in [-0.39, 0.29) is 0 Å². The SMILES string of the molecule is c1ccc(-c2cccc(N(c3ccc(-c4cc(-c5ccc(N(c6cccc(-c7ccccc7)c6)c6cccc(-c7ccccc7)c6)cc5)cc(-c5ccc(N(c6cccc(-c7ccccc7)c6)c6cccc(-c7ccccc7)c6)cc5)c4)cc3)c3cccc(-c4ccccc4)c3)c2)cc1. The first-order valence-electron chi connectivity index (χ1n) is 33.9. The van der Waals surface area contributed by atoms with Crippen LogP contribution in [0, 0.1) is 0 Å². The summed E-state index contributed by atoms with van der Waals surface area (Å²) in [5.41, 5.74) is 30.2. The summed E-state index contributed by atoms with van der Waals surface area (Å²) < 4.78 is 0. The van der Waals surface area contributed by atoms with Crippen LogP contribution in [0.4, 0.5) is 51.2 Å². The van der Waals surface area contributed by atoms with Gasteiger partial charge < -0.3 is 14.7 Å². The fourth-order valence-electron chi connectivity index (χ4n) is 13.6. The van der Waals surface area contributed by atoms with Crippen LogP contribution in [0.3, 0.4) is 0 Å². The zero-order valence-corrected chi connectivity index (χ0v) is 54.7. The van der Waals surface area contributed by atoms with E-state index >= 15 is 0 Å². The standard InChI is InChI=1S/C96H69N3/c1-7-25-70(26-8-1)79-37-19-43-91(64-79)97(92-44-20-38-80(65-92)71-27-9-2-10-28-71)88-55-49-76(50-56-88)85-61-86(77-51-57-89(58-52-77)98(93-45-21-39-81(66-93)72-29-11-3-12-30-72)94-46-22-40-82(67-94)73-31-13-4-14-32-73)63-87(62-85)78-53-59-90(60-54-78)99(95-47-23-41-83(68-95)74-33-15-5-16-34-74)96-48-24-42-84(69-96)75-35-17-6-18-36-75/h1-69H. The third-order valence-electron chi connectivity index (χ3n) is 18.6. The minimum atomic E-state index is 1.05. The van der Waals surface area contributed by atoms with E-state index in [0.717, 1.165) is 118 Å². The second-order valence-corrected chi connectivity index (χ2v) is 24.9. The van der Waals surface area contributed by atoms with Crippen molar-refractivity contribution in [2.24, 2.45) is 0 Å². The molecule has 0 aliphatic rings. The van der Waals surface area contributed by atoms with Crippen molar-refractivity contribution in [2.75, 3.05) is 14.7 Å². The topological polar surface area (TPSA) is 9.72 Å². The molecule has 16 aromatic rings. The molecule has 0 aliphatic carbocycles. The van der Waals surface area contributed by atoms with Crippen LogP contribution >= 0.6 is 0 Å². The van der Waals surface area contributed by atoms with Crippen LogP contribution in [0.15, 0.2) is 419 Å². The summed E-state index contributed by atoms with van der Waals surface area (Å²) in [5.74, 6) is 0. The fraction of sp³-hybridized carbons (Fsp3) is 0. The number of benzene rings is 16. The molecule has 16 aromatic carbocycles. The minimum absolute atomic E-state index is 1.05. The lowest BCUT2D eigenvalue weighted by Crippen LogP contribution is -2.10. The van der Waals surface area contributed by atoms with E-state index in [0.29, 0.717) is 0 Å². The van der Waals surface area contributed by atoms with Gasteiger partial charge in [0, 0.05) is 51.2 Å². The van der Waals surface area contributed by atoms with Crippen molar-refractivity contribution in [3.8, 4) is 100 Å². The lowest BCUT2D eigenvalue weighted by atomic mass is 9.93. The summed E-state index contributed by atoms with van der Waals surface area (Å²) in [5, 5.41) is 0. The fourth-order valence-corrected chi connectivity index (χ4v) is 13.6. The van der Waals surface area contributed by atoms with Gasteiger partial charge in [0.2, 0.25) is 0 Å². The second kappa shape index (κ2) is 28.1. The molecule has 0 N–H and O–H groups in total. The Morgan fingerprint density at radius 2 is 0.242 bits per heavy atom. The van der Waals surface area contributed by atoms with Crippen LogP contribution in [0.1, 0.15) is 0 Å². The number of nitrogens with zero attached hydrogens (tertiary/aromatic N) is 3. The van der Waals surface area contributed by atoms with E-state index in [1.54, 1.807) is 0 Å². The largest absolute Gasteiger partial charge is 0.310 e. The molecule has 0 unspecified atom stereocenters. The predicted octanol–water partition coefficient (Wildman–Crippen LogP) is 27.1. The smallest absolute Gasteiger partial charge is 0.0467 e. The third-order valence-corrected chi connectivity index (χ3v) is 18.6. The first-order valence-corrected chi connectivity index (χ1v) is 33.9. The summed E-state index contributed by atoms with van der Waals surface area (Å²) in [7, 11) is 0. The average molecular weight is 1260 g/mol. The number of rotatable bonds is 18. The zero-order chi connectivity index (χ0) is 66.1. The van der Waals surface area contributed by atoms with Crippen LogP contribution in [0.25, 0.3) is 100 Å². The average Bonchev–Trinajstić information content (AvgIpc) is 0.807.